The number of hydrogen-bond acceptors (Lipinski definition) is 3. The summed E-state index contributed by atoms with van der Waals surface area (Å²) in [7, 11) is 1.30. The number of aliphatic carboxylic acids is 1. The third kappa shape index (κ3) is 5.14. The Morgan fingerprint density at radius 1 is 1.43 bits per heavy atom. The van der Waals surface area contributed by atoms with Gasteiger partial charge in [0.2, 0.25) is 0 Å². The number of carbonyl (C=O) groups is 2. The lowest BCUT2D eigenvalue weighted by Gasteiger charge is -2.16. The Morgan fingerprint density at radius 2 is 2.05 bits per heavy atom. The Bertz CT molecular complexity index is 548. The molecule has 0 spiro atoms. The molecule has 1 rings (SSSR count). The first-order chi connectivity index (χ1) is 9.64. The first-order valence-electron chi connectivity index (χ1n) is 5.58. The number of ether oxygens (including phenoxy) is 1. The molecule has 1 atom stereocenters. The minimum atomic E-state index is -4.71. The van der Waals surface area contributed by atoms with E-state index in [1.807, 2.05) is 0 Å². The summed E-state index contributed by atoms with van der Waals surface area (Å²) < 4.78 is 41.6. The molecule has 1 aromatic carbocycles. The standard InChI is InChI=1S/C12H11ClF3NO4/c1-21-9-4-6(2-3-7(9)13)10(18)17-8(11(19)20)5-12(14,15)16/h2-4,8H,5H2,1H3,(H,17,18)(H,19,20). The Morgan fingerprint density at radius 3 is 2.52 bits per heavy atom. The highest BCUT2D eigenvalue weighted by atomic mass is 35.5. The van der Waals surface area contributed by atoms with Crippen LogP contribution in [0.1, 0.15) is 16.8 Å². The van der Waals surface area contributed by atoms with Gasteiger partial charge in [-0.05, 0) is 18.2 Å². The number of methoxy groups -OCH3 is 1. The van der Waals surface area contributed by atoms with E-state index < -0.39 is 30.5 Å². The smallest absolute Gasteiger partial charge is 0.391 e. The average Bonchev–Trinajstić information content (AvgIpc) is 2.36. The molecule has 1 aromatic rings. The van der Waals surface area contributed by atoms with Crippen LogP contribution in [0.2, 0.25) is 5.02 Å². The molecule has 1 amide bonds. The summed E-state index contributed by atoms with van der Waals surface area (Å²) in [6.07, 6.45) is -6.38. The predicted molar refractivity (Wildman–Crippen MR) is 67.6 cm³/mol. The number of alkyl halides is 3. The second-order valence-corrected chi connectivity index (χ2v) is 4.44. The number of carbonyl (C=O) groups excluding carboxylic acids is 1. The molecule has 0 saturated carbocycles. The number of nitrogens with one attached hydrogen (secondary N) is 1. The van der Waals surface area contributed by atoms with Crippen LogP contribution in [0.15, 0.2) is 18.2 Å². The highest BCUT2D eigenvalue weighted by molar-refractivity contribution is 6.32. The third-order valence-electron chi connectivity index (χ3n) is 2.45. The Balaban J connectivity index is 2.89. The molecule has 0 aromatic heterocycles. The van der Waals surface area contributed by atoms with E-state index in [9.17, 15) is 22.8 Å². The molecule has 0 fully saturated rings. The average molecular weight is 326 g/mol. The molecule has 1 unspecified atom stereocenters. The van der Waals surface area contributed by atoms with E-state index in [-0.39, 0.29) is 16.3 Å². The third-order valence-corrected chi connectivity index (χ3v) is 2.76. The lowest BCUT2D eigenvalue weighted by atomic mass is 10.1. The highest BCUT2D eigenvalue weighted by Crippen LogP contribution is 2.25. The van der Waals surface area contributed by atoms with Crippen molar-refractivity contribution < 1.29 is 32.6 Å². The minimum absolute atomic E-state index is 0.0651. The van der Waals surface area contributed by atoms with Crippen molar-refractivity contribution in [2.24, 2.45) is 0 Å². The van der Waals surface area contributed by atoms with Crippen molar-refractivity contribution in [1.82, 2.24) is 5.32 Å². The zero-order chi connectivity index (χ0) is 16.2. The summed E-state index contributed by atoms with van der Waals surface area (Å²) in [5.41, 5.74) is -0.0651. The van der Waals surface area contributed by atoms with E-state index in [1.54, 1.807) is 5.32 Å². The largest absolute Gasteiger partial charge is 0.495 e. The van der Waals surface area contributed by atoms with Crippen LogP contribution in [0.25, 0.3) is 0 Å². The zero-order valence-electron chi connectivity index (χ0n) is 10.7. The van der Waals surface area contributed by atoms with Gasteiger partial charge >= 0.3 is 12.1 Å². The second-order valence-electron chi connectivity index (χ2n) is 4.03. The van der Waals surface area contributed by atoms with Crippen molar-refractivity contribution >= 4 is 23.5 Å². The zero-order valence-corrected chi connectivity index (χ0v) is 11.5. The normalized spacial score (nSPS) is 12.6. The molecule has 0 radical (unpaired) electrons. The molecule has 116 valence electrons. The van der Waals surface area contributed by atoms with E-state index in [1.165, 1.54) is 25.3 Å². The quantitative estimate of drug-likeness (QED) is 0.872. The number of hydrogen-bond donors (Lipinski definition) is 2. The van der Waals surface area contributed by atoms with Crippen molar-refractivity contribution in [3.63, 3.8) is 0 Å². The van der Waals surface area contributed by atoms with Crippen molar-refractivity contribution in [3.8, 4) is 5.75 Å². The van der Waals surface area contributed by atoms with E-state index in [2.05, 4.69) is 0 Å². The molecule has 2 N–H and O–H groups in total. The van der Waals surface area contributed by atoms with Gasteiger partial charge in [-0.15, -0.1) is 0 Å². The summed E-state index contributed by atoms with van der Waals surface area (Å²) >= 11 is 5.74. The predicted octanol–water partition coefficient (Wildman–Crippen LogP) is 2.48. The summed E-state index contributed by atoms with van der Waals surface area (Å²) in [6, 6.07) is 1.69. The molecular weight excluding hydrogens is 315 g/mol. The Kier molecular flexibility index (Phi) is 5.42. The van der Waals surface area contributed by atoms with Crippen LogP contribution in [0.3, 0.4) is 0 Å². The maximum atomic E-state index is 12.2. The topological polar surface area (TPSA) is 75.6 Å². The van der Waals surface area contributed by atoms with Gasteiger partial charge in [0, 0.05) is 5.56 Å². The number of benzene rings is 1. The lowest BCUT2D eigenvalue weighted by Crippen LogP contribution is -2.43. The van der Waals surface area contributed by atoms with E-state index in [0.29, 0.717) is 0 Å². The summed E-state index contributed by atoms with van der Waals surface area (Å²) in [4.78, 5) is 22.5. The van der Waals surface area contributed by atoms with E-state index >= 15 is 0 Å². The van der Waals surface area contributed by atoms with Crippen LogP contribution in [-0.4, -0.2) is 36.3 Å². The van der Waals surface area contributed by atoms with Gasteiger partial charge in [0.25, 0.3) is 5.91 Å². The van der Waals surface area contributed by atoms with E-state index in [0.717, 1.165) is 0 Å². The highest BCUT2D eigenvalue weighted by Gasteiger charge is 2.36. The molecule has 0 aliphatic carbocycles. The number of amides is 1. The Hall–Kier alpha value is -1.96. The van der Waals surface area contributed by atoms with Gasteiger partial charge in [-0.25, -0.2) is 4.79 Å². The van der Waals surface area contributed by atoms with Gasteiger partial charge in [0.15, 0.2) is 0 Å². The SMILES string of the molecule is COc1cc(C(=O)NC(CC(F)(F)F)C(=O)O)ccc1Cl. The fraction of sp³-hybridized carbons (Fsp3) is 0.333. The molecule has 9 heteroatoms. The molecule has 0 aliphatic rings. The molecule has 0 aliphatic heterocycles. The minimum Gasteiger partial charge on any atom is -0.495 e. The van der Waals surface area contributed by atoms with Crippen LogP contribution in [0.5, 0.6) is 5.75 Å². The fourth-order valence-electron chi connectivity index (χ4n) is 1.47. The van der Waals surface area contributed by atoms with Crippen LogP contribution in [0.4, 0.5) is 13.2 Å². The first-order valence-corrected chi connectivity index (χ1v) is 5.96. The van der Waals surface area contributed by atoms with Gasteiger partial charge in [-0.3, -0.25) is 4.79 Å². The molecule has 21 heavy (non-hydrogen) atoms. The van der Waals surface area contributed by atoms with Gasteiger partial charge in [-0.1, -0.05) is 11.6 Å². The second kappa shape index (κ2) is 6.66. The van der Waals surface area contributed by atoms with E-state index in [4.69, 9.17) is 21.4 Å². The van der Waals surface area contributed by atoms with Gasteiger partial charge in [0.05, 0.1) is 18.6 Å². The van der Waals surface area contributed by atoms with Crippen molar-refractivity contribution in [1.29, 1.82) is 0 Å². The van der Waals surface area contributed by atoms with Crippen LogP contribution < -0.4 is 10.1 Å². The van der Waals surface area contributed by atoms with Crippen LogP contribution >= 0.6 is 11.6 Å². The van der Waals surface area contributed by atoms with Crippen molar-refractivity contribution in [2.45, 2.75) is 18.6 Å². The Labute approximate surface area is 122 Å². The first kappa shape index (κ1) is 17.1. The maximum absolute atomic E-state index is 12.2. The fourth-order valence-corrected chi connectivity index (χ4v) is 1.67. The lowest BCUT2D eigenvalue weighted by molar-refractivity contribution is -0.157. The summed E-state index contributed by atoms with van der Waals surface area (Å²) in [5, 5.41) is 10.7. The number of rotatable bonds is 5. The monoisotopic (exact) mass is 325 g/mol. The van der Waals surface area contributed by atoms with Gasteiger partial charge in [-0.2, -0.15) is 13.2 Å². The number of carboxylic acid groups (broad SMARTS) is 1. The number of halogens is 4. The number of carboxylic acids is 1. The maximum Gasteiger partial charge on any atom is 0.391 e. The van der Waals surface area contributed by atoms with Gasteiger partial charge < -0.3 is 15.2 Å². The van der Waals surface area contributed by atoms with Crippen molar-refractivity contribution in [3.05, 3.63) is 28.8 Å². The molecule has 0 bridgehead atoms. The molecule has 5 nitrogen and oxygen atoms in total. The molecule has 0 saturated heterocycles. The van der Waals surface area contributed by atoms with Gasteiger partial charge in [0.1, 0.15) is 11.8 Å². The van der Waals surface area contributed by atoms with Crippen LogP contribution in [0, 0.1) is 0 Å². The summed E-state index contributed by atoms with van der Waals surface area (Å²) in [6.45, 7) is 0. The van der Waals surface area contributed by atoms with Crippen molar-refractivity contribution in [2.75, 3.05) is 7.11 Å². The van der Waals surface area contributed by atoms with Crippen LogP contribution in [-0.2, 0) is 4.79 Å². The summed E-state index contributed by atoms with van der Waals surface area (Å²) in [5.74, 6) is -2.60. The molecule has 0 heterocycles. The molecular formula is C12H11ClF3NO4.